The quantitative estimate of drug-likeness (QED) is 0.527. The van der Waals surface area contributed by atoms with E-state index in [1.165, 1.54) is 42.4 Å². The van der Waals surface area contributed by atoms with Crippen molar-refractivity contribution in [3.63, 3.8) is 0 Å². The van der Waals surface area contributed by atoms with E-state index in [4.69, 9.17) is 4.74 Å². The molecule has 2 heteroatoms. The highest BCUT2D eigenvalue weighted by Gasteiger charge is 2.25. The number of carbonyl (C=O) groups is 1. The highest BCUT2D eigenvalue weighted by atomic mass is 16.5. The highest BCUT2D eigenvalue weighted by molar-refractivity contribution is 5.94. The maximum Gasteiger partial charge on any atom is 0.159 e. The summed E-state index contributed by atoms with van der Waals surface area (Å²) in [4.78, 5) is 12.1. The molecule has 0 bridgehead atoms. The lowest BCUT2D eigenvalue weighted by Gasteiger charge is -2.26. The van der Waals surface area contributed by atoms with Crippen LogP contribution in [0.15, 0.2) is 23.5 Å². The Bertz CT molecular complexity index is 623. The Morgan fingerprint density at radius 1 is 1.17 bits per heavy atom. The molecule has 0 aliphatic carbocycles. The fourth-order valence-corrected chi connectivity index (χ4v) is 3.45. The number of hydrogen-bond donors (Lipinski definition) is 0. The van der Waals surface area contributed by atoms with Gasteiger partial charge < -0.3 is 4.74 Å². The molecule has 0 amide bonds. The number of hydrogen-bond acceptors (Lipinski definition) is 2. The first kappa shape index (κ1) is 18.8. The Morgan fingerprint density at radius 3 is 2.50 bits per heavy atom. The molecule has 1 heterocycles. The van der Waals surface area contributed by atoms with E-state index in [0.717, 1.165) is 36.3 Å². The van der Waals surface area contributed by atoms with E-state index in [1.54, 1.807) is 6.92 Å². The molecule has 2 rings (SSSR count). The third-order valence-electron chi connectivity index (χ3n) is 4.82. The molecule has 0 saturated heterocycles. The molecule has 24 heavy (non-hydrogen) atoms. The number of rotatable bonds is 8. The summed E-state index contributed by atoms with van der Waals surface area (Å²) in [5, 5.41) is 0. The molecule has 0 atom stereocenters. The summed E-state index contributed by atoms with van der Waals surface area (Å²) in [6, 6.07) is 4.39. The van der Waals surface area contributed by atoms with Crippen LogP contribution in [0.4, 0.5) is 0 Å². The van der Waals surface area contributed by atoms with Crippen molar-refractivity contribution < 1.29 is 9.53 Å². The molecule has 0 saturated carbocycles. The topological polar surface area (TPSA) is 26.3 Å². The van der Waals surface area contributed by atoms with Gasteiger partial charge in [-0.15, -0.1) is 0 Å². The highest BCUT2D eigenvalue weighted by Crippen LogP contribution is 2.39. The Morgan fingerprint density at radius 2 is 1.88 bits per heavy atom. The first-order chi connectivity index (χ1) is 11.4. The van der Waals surface area contributed by atoms with Crippen LogP contribution < -0.4 is 4.74 Å². The van der Waals surface area contributed by atoms with Gasteiger partial charge in [-0.3, -0.25) is 4.79 Å². The van der Waals surface area contributed by atoms with Gasteiger partial charge in [0.05, 0.1) is 0 Å². The van der Waals surface area contributed by atoms with Gasteiger partial charge >= 0.3 is 0 Å². The molecule has 0 aromatic heterocycles. The molecule has 1 aromatic rings. The zero-order chi connectivity index (χ0) is 17.7. The number of ether oxygens (including phenoxy) is 1. The Balaban J connectivity index is 2.23. The molecule has 2 nitrogen and oxygen atoms in total. The fraction of sp³-hybridized carbons (Fsp3) is 0.591. The van der Waals surface area contributed by atoms with E-state index in [9.17, 15) is 4.79 Å². The van der Waals surface area contributed by atoms with Gasteiger partial charge in [0, 0.05) is 18.4 Å². The van der Waals surface area contributed by atoms with Crippen LogP contribution in [-0.2, 0) is 11.2 Å². The molecule has 1 aromatic carbocycles. The number of unbranched alkanes of at least 4 members (excludes halogenated alkanes) is 4. The molecule has 0 unspecified atom stereocenters. The van der Waals surface area contributed by atoms with Gasteiger partial charge in [0.25, 0.3) is 0 Å². The smallest absolute Gasteiger partial charge is 0.159 e. The Labute approximate surface area is 147 Å². The van der Waals surface area contributed by atoms with Gasteiger partial charge in [0.15, 0.2) is 5.78 Å². The molecule has 0 radical (unpaired) electrons. The van der Waals surface area contributed by atoms with Crippen molar-refractivity contribution in [3.05, 3.63) is 40.2 Å². The van der Waals surface area contributed by atoms with E-state index in [2.05, 4.69) is 39.8 Å². The Hall–Kier alpha value is -1.57. The molecular weight excluding hydrogens is 296 g/mol. The predicted molar refractivity (Wildman–Crippen MR) is 101 cm³/mol. The summed E-state index contributed by atoms with van der Waals surface area (Å²) in [6.07, 6.45) is 7.72. The number of Topliss-reactive ketones (excluding diaryl/α,β-unsaturated/α-hetero) is 1. The normalized spacial score (nSPS) is 13.9. The van der Waals surface area contributed by atoms with E-state index < -0.39 is 0 Å². The summed E-state index contributed by atoms with van der Waals surface area (Å²) < 4.78 is 6.32. The molecule has 0 spiro atoms. The molecule has 0 fully saturated rings. The second kappa shape index (κ2) is 8.50. The van der Waals surface area contributed by atoms with E-state index in [1.807, 2.05) is 0 Å². The van der Waals surface area contributed by atoms with Crippen LogP contribution in [0.3, 0.4) is 0 Å². The lowest BCUT2D eigenvalue weighted by molar-refractivity contribution is -0.113. The predicted octanol–water partition coefficient (Wildman–Crippen LogP) is 6.26. The Kier molecular flexibility index (Phi) is 6.65. The minimum atomic E-state index is 0.150. The maximum absolute atomic E-state index is 12.1. The first-order valence-corrected chi connectivity index (χ1v) is 9.48. The number of aryl methyl sites for hydroxylation is 1. The molecular formula is C22H32O2. The van der Waals surface area contributed by atoms with Crippen LogP contribution in [0, 0.1) is 6.92 Å². The zero-order valence-corrected chi connectivity index (χ0v) is 16.0. The first-order valence-electron chi connectivity index (χ1n) is 9.48. The van der Waals surface area contributed by atoms with Crippen molar-refractivity contribution in [2.45, 2.75) is 85.5 Å². The lowest BCUT2D eigenvalue weighted by atomic mass is 9.90. The van der Waals surface area contributed by atoms with Gasteiger partial charge in [-0.05, 0) is 37.3 Å². The van der Waals surface area contributed by atoms with Gasteiger partial charge in [-0.1, -0.05) is 64.2 Å². The van der Waals surface area contributed by atoms with Crippen LogP contribution in [-0.4, -0.2) is 5.78 Å². The second-order valence-electron chi connectivity index (χ2n) is 7.40. The van der Waals surface area contributed by atoms with E-state index >= 15 is 0 Å². The van der Waals surface area contributed by atoms with Crippen LogP contribution in [0.2, 0.25) is 0 Å². The van der Waals surface area contributed by atoms with Crippen LogP contribution >= 0.6 is 0 Å². The SMILES string of the molecule is CCCCCCCC1=C(C(C)=O)Cc2cc(C)cc(C(C)C)c2O1. The van der Waals surface area contributed by atoms with Crippen LogP contribution in [0.1, 0.15) is 88.8 Å². The van der Waals surface area contributed by atoms with Gasteiger partial charge in [0.1, 0.15) is 11.5 Å². The van der Waals surface area contributed by atoms with Crippen molar-refractivity contribution >= 4 is 5.78 Å². The number of benzene rings is 1. The number of carbonyl (C=O) groups excluding carboxylic acids is 1. The minimum Gasteiger partial charge on any atom is -0.461 e. The average Bonchev–Trinajstić information content (AvgIpc) is 2.53. The average molecular weight is 328 g/mol. The molecule has 1 aliphatic heterocycles. The summed E-state index contributed by atoms with van der Waals surface area (Å²) in [7, 11) is 0. The number of allylic oxidation sites excluding steroid dienone is 2. The zero-order valence-electron chi connectivity index (χ0n) is 16.0. The largest absolute Gasteiger partial charge is 0.461 e. The summed E-state index contributed by atoms with van der Waals surface area (Å²) in [6.45, 7) is 10.4. The summed E-state index contributed by atoms with van der Waals surface area (Å²) in [5.41, 5.74) is 4.54. The standard InChI is InChI=1S/C22H32O2/c1-6-7-8-9-10-11-21-20(17(5)23)14-18-12-16(4)13-19(15(2)3)22(18)24-21/h12-13,15H,6-11,14H2,1-5H3. The number of fused-ring (bicyclic) bond motifs is 1. The monoisotopic (exact) mass is 328 g/mol. The van der Waals surface area contributed by atoms with Crippen molar-refractivity contribution in [2.24, 2.45) is 0 Å². The third-order valence-corrected chi connectivity index (χ3v) is 4.82. The molecule has 0 N–H and O–H groups in total. The molecule has 1 aliphatic rings. The van der Waals surface area contributed by atoms with E-state index in [-0.39, 0.29) is 5.78 Å². The van der Waals surface area contributed by atoms with Crippen molar-refractivity contribution in [1.82, 2.24) is 0 Å². The minimum absolute atomic E-state index is 0.150. The summed E-state index contributed by atoms with van der Waals surface area (Å²) in [5.74, 6) is 2.49. The van der Waals surface area contributed by atoms with Gasteiger partial charge in [-0.2, -0.15) is 0 Å². The third kappa shape index (κ3) is 4.49. The second-order valence-corrected chi connectivity index (χ2v) is 7.40. The fourth-order valence-electron chi connectivity index (χ4n) is 3.45. The lowest BCUT2D eigenvalue weighted by Crippen LogP contribution is -2.17. The van der Waals surface area contributed by atoms with Crippen LogP contribution in [0.5, 0.6) is 5.75 Å². The molecule has 132 valence electrons. The van der Waals surface area contributed by atoms with Crippen molar-refractivity contribution in [2.75, 3.05) is 0 Å². The van der Waals surface area contributed by atoms with Crippen LogP contribution in [0.25, 0.3) is 0 Å². The number of ketones is 1. The van der Waals surface area contributed by atoms with Crippen molar-refractivity contribution in [1.29, 1.82) is 0 Å². The van der Waals surface area contributed by atoms with Gasteiger partial charge in [-0.25, -0.2) is 0 Å². The van der Waals surface area contributed by atoms with E-state index in [0.29, 0.717) is 5.92 Å². The summed E-state index contributed by atoms with van der Waals surface area (Å²) >= 11 is 0. The maximum atomic E-state index is 12.1. The van der Waals surface area contributed by atoms with Crippen molar-refractivity contribution in [3.8, 4) is 5.75 Å². The van der Waals surface area contributed by atoms with Gasteiger partial charge in [0.2, 0.25) is 0 Å².